The summed E-state index contributed by atoms with van der Waals surface area (Å²) in [7, 11) is 1.34. The van der Waals surface area contributed by atoms with Gasteiger partial charge in [-0.05, 0) is 61.4 Å². The molecule has 0 saturated carbocycles. The summed E-state index contributed by atoms with van der Waals surface area (Å²) in [5.74, 6) is 0.0413. The lowest BCUT2D eigenvalue weighted by molar-refractivity contribution is -0.137. The summed E-state index contributed by atoms with van der Waals surface area (Å²) < 4.78 is 48.5. The molecule has 1 aliphatic heterocycles. The van der Waals surface area contributed by atoms with Gasteiger partial charge in [0.2, 0.25) is 0 Å². The number of piperidine rings is 1. The van der Waals surface area contributed by atoms with Crippen molar-refractivity contribution >= 4 is 11.7 Å². The second-order valence-electron chi connectivity index (χ2n) is 6.39. The monoisotopic (exact) mass is 379 g/mol. The molecule has 2 aromatic rings. The third-order valence-electron chi connectivity index (χ3n) is 4.52. The number of alkyl halides is 3. The number of benzene rings is 2. The van der Waals surface area contributed by atoms with E-state index in [0.29, 0.717) is 17.9 Å². The molecule has 2 aromatic carbocycles. The number of methoxy groups -OCH3 is 1. The number of hydrogen-bond donors (Lipinski definition) is 0. The number of esters is 1. The van der Waals surface area contributed by atoms with Gasteiger partial charge in [-0.1, -0.05) is 0 Å². The third kappa shape index (κ3) is 4.72. The molecule has 0 spiro atoms. The first-order chi connectivity index (χ1) is 12.9. The average Bonchev–Trinajstić information content (AvgIpc) is 2.67. The number of ether oxygens (including phenoxy) is 2. The van der Waals surface area contributed by atoms with Crippen molar-refractivity contribution in [1.29, 1.82) is 0 Å². The summed E-state index contributed by atoms with van der Waals surface area (Å²) >= 11 is 0. The molecule has 0 radical (unpaired) electrons. The molecule has 4 nitrogen and oxygen atoms in total. The molecule has 0 aliphatic carbocycles. The lowest BCUT2D eigenvalue weighted by Crippen LogP contribution is -2.41. The van der Waals surface area contributed by atoms with Gasteiger partial charge in [0, 0.05) is 12.2 Å². The van der Waals surface area contributed by atoms with Gasteiger partial charge in [-0.3, -0.25) is 0 Å². The quantitative estimate of drug-likeness (QED) is 0.731. The Labute approximate surface area is 155 Å². The van der Waals surface area contributed by atoms with Crippen LogP contribution in [0.5, 0.6) is 5.75 Å². The van der Waals surface area contributed by atoms with Gasteiger partial charge in [0.25, 0.3) is 0 Å². The van der Waals surface area contributed by atoms with Crippen LogP contribution in [-0.4, -0.2) is 32.3 Å². The fourth-order valence-corrected chi connectivity index (χ4v) is 3.11. The van der Waals surface area contributed by atoms with Crippen LogP contribution < -0.4 is 9.64 Å². The molecule has 1 aliphatic rings. The molecule has 0 aromatic heterocycles. The summed E-state index contributed by atoms with van der Waals surface area (Å²) in [5, 5.41) is 0. The normalized spacial score (nSPS) is 17.5. The van der Waals surface area contributed by atoms with Gasteiger partial charge in [-0.25, -0.2) is 4.79 Å². The second kappa shape index (κ2) is 7.90. The van der Waals surface area contributed by atoms with Crippen molar-refractivity contribution in [2.75, 3.05) is 25.1 Å². The molecular formula is C20H20F3NO3. The predicted octanol–water partition coefficient (Wildman–Crippen LogP) is 4.54. The molecule has 1 atom stereocenters. The maximum atomic E-state index is 12.6. The van der Waals surface area contributed by atoms with Gasteiger partial charge in [-0.15, -0.1) is 0 Å². The lowest BCUT2D eigenvalue weighted by Gasteiger charge is -2.34. The minimum absolute atomic E-state index is 0.115. The maximum absolute atomic E-state index is 12.6. The Morgan fingerprint density at radius 3 is 2.33 bits per heavy atom. The van der Waals surface area contributed by atoms with E-state index < -0.39 is 11.7 Å². The SMILES string of the molecule is COC(=O)c1ccc(N2CCC[C@H](Oc3ccc(C(F)(F)F)cc3)C2)cc1. The van der Waals surface area contributed by atoms with Crippen molar-refractivity contribution in [2.24, 2.45) is 0 Å². The Hall–Kier alpha value is -2.70. The van der Waals surface area contributed by atoms with Crippen molar-refractivity contribution in [3.05, 3.63) is 59.7 Å². The van der Waals surface area contributed by atoms with E-state index in [9.17, 15) is 18.0 Å². The molecule has 7 heteroatoms. The lowest BCUT2D eigenvalue weighted by atomic mass is 10.1. The zero-order chi connectivity index (χ0) is 19.4. The summed E-state index contributed by atoms with van der Waals surface area (Å²) in [6.45, 7) is 1.48. The van der Waals surface area contributed by atoms with Crippen LogP contribution in [0.15, 0.2) is 48.5 Å². The van der Waals surface area contributed by atoms with Gasteiger partial charge < -0.3 is 14.4 Å². The highest BCUT2D eigenvalue weighted by molar-refractivity contribution is 5.89. The molecule has 144 valence electrons. The first kappa shape index (κ1) is 19.1. The molecule has 1 heterocycles. The van der Waals surface area contributed by atoms with Gasteiger partial charge in [0.1, 0.15) is 11.9 Å². The van der Waals surface area contributed by atoms with Crippen molar-refractivity contribution < 1.29 is 27.4 Å². The summed E-state index contributed by atoms with van der Waals surface area (Å²) in [4.78, 5) is 13.7. The highest BCUT2D eigenvalue weighted by atomic mass is 19.4. The Balaban J connectivity index is 1.63. The minimum atomic E-state index is -4.35. The van der Waals surface area contributed by atoms with E-state index in [0.717, 1.165) is 37.2 Å². The van der Waals surface area contributed by atoms with Crippen LogP contribution in [-0.2, 0) is 10.9 Å². The topological polar surface area (TPSA) is 38.8 Å². The number of rotatable bonds is 4. The Morgan fingerprint density at radius 1 is 1.07 bits per heavy atom. The molecular weight excluding hydrogens is 359 g/mol. The highest BCUT2D eigenvalue weighted by Crippen LogP contribution is 2.31. The fraction of sp³-hybridized carbons (Fsp3) is 0.350. The zero-order valence-electron chi connectivity index (χ0n) is 14.8. The van der Waals surface area contributed by atoms with Gasteiger partial charge in [0.15, 0.2) is 0 Å². The van der Waals surface area contributed by atoms with Crippen LogP contribution in [0.1, 0.15) is 28.8 Å². The number of hydrogen-bond acceptors (Lipinski definition) is 4. The summed E-state index contributed by atoms with van der Waals surface area (Å²) in [5.41, 5.74) is 0.755. The van der Waals surface area contributed by atoms with Crippen LogP contribution in [0, 0.1) is 0 Å². The summed E-state index contributed by atoms with van der Waals surface area (Å²) in [6, 6.07) is 11.9. The number of anilines is 1. The van der Waals surface area contributed by atoms with E-state index in [1.165, 1.54) is 19.2 Å². The molecule has 3 rings (SSSR count). The Bertz CT molecular complexity index is 773. The minimum Gasteiger partial charge on any atom is -0.489 e. The first-order valence-electron chi connectivity index (χ1n) is 8.64. The summed E-state index contributed by atoms with van der Waals surface area (Å²) in [6.07, 6.45) is -2.73. The molecule has 1 fully saturated rings. The van der Waals surface area contributed by atoms with Gasteiger partial charge in [0.05, 0.1) is 24.8 Å². The number of nitrogens with zero attached hydrogens (tertiary/aromatic N) is 1. The first-order valence-corrected chi connectivity index (χ1v) is 8.64. The van der Waals surface area contributed by atoms with Gasteiger partial charge >= 0.3 is 12.1 Å². The predicted molar refractivity (Wildman–Crippen MR) is 95.1 cm³/mol. The van der Waals surface area contributed by atoms with Gasteiger partial charge in [-0.2, -0.15) is 13.2 Å². The standard InChI is InChI=1S/C20H20F3NO3/c1-26-19(25)14-4-8-16(9-5-14)24-12-2-3-18(13-24)27-17-10-6-15(7-11-17)20(21,22)23/h4-11,18H,2-3,12-13H2,1H3/t18-/m0/s1. The second-order valence-corrected chi connectivity index (χ2v) is 6.39. The van der Waals surface area contributed by atoms with Crippen LogP contribution >= 0.6 is 0 Å². The average molecular weight is 379 g/mol. The molecule has 0 unspecified atom stereocenters. The van der Waals surface area contributed by atoms with E-state index >= 15 is 0 Å². The van der Waals surface area contributed by atoms with Crippen molar-refractivity contribution in [2.45, 2.75) is 25.1 Å². The van der Waals surface area contributed by atoms with Crippen molar-refractivity contribution in [1.82, 2.24) is 0 Å². The fourth-order valence-electron chi connectivity index (χ4n) is 3.11. The molecule has 1 saturated heterocycles. The van der Waals surface area contributed by atoms with Crippen LogP contribution in [0.25, 0.3) is 0 Å². The van der Waals surface area contributed by atoms with Crippen LogP contribution in [0.3, 0.4) is 0 Å². The molecule has 0 N–H and O–H groups in total. The molecule has 0 bridgehead atoms. The van der Waals surface area contributed by atoms with E-state index in [2.05, 4.69) is 4.90 Å². The van der Waals surface area contributed by atoms with E-state index in [4.69, 9.17) is 9.47 Å². The highest BCUT2D eigenvalue weighted by Gasteiger charge is 2.30. The van der Waals surface area contributed by atoms with Crippen molar-refractivity contribution in [3.63, 3.8) is 0 Å². The number of carbonyl (C=O) groups is 1. The van der Waals surface area contributed by atoms with Crippen molar-refractivity contribution in [3.8, 4) is 5.75 Å². The number of carbonyl (C=O) groups excluding carboxylic acids is 1. The third-order valence-corrected chi connectivity index (χ3v) is 4.52. The Kier molecular flexibility index (Phi) is 5.58. The van der Waals surface area contributed by atoms with E-state index in [-0.39, 0.29) is 12.1 Å². The van der Waals surface area contributed by atoms with Crippen LogP contribution in [0.4, 0.5) is 18.9 Å². The number of halogens is 3. The molecule has 27 heavy (non-hydrogen) atoms. The molecule has 0 amide bonds. The maximum Gasteiger partial charge on any atom is 0.416 e. The largest absolute Gasteiger partial charge is 0.489 e. The van der Waals surface area contributed by atoms with E-state index in [1.54, 1.807) is 12.1 Å². The van der Waals surface area contributed by atoms with Crippen LogP contribution in [0.2, 0.25) is 0 Å². The zero-order valence-corrected chi connectivity index (χ0v) is 14.8. The smallest absolute Gasteiger partial charge is 0.416 e. The van der Waals surface area contributed by atoms with E-state index in [1.807, 2.05) is 12.1 Å². The Morgan fingerprint density at radius 2 is 1.74 bits per heavy atom.